The fourth-order valence-corrected chi connectivity index (χ4v) is 3.16. The van der Waals surface area contributed by atoms with Crippen molar-refractivity contribution in [1.82, 2.24) is 0 Å². The fourth-order valence-electron chi connectivity index (χ4n) is 2.69. The normalized spacial score (nSPS) is 12.0. The first-order valence-electron chi connectivity index (χ1n) is 7.85. The zero-order chi connectivity index (χ0) is 20.5. The lowest BCUT2D eigenvalue weighted by molar-refractivity contribution is -0.0499. The maximum absolute atomic E-state index is 12.8. The molecule has 3 aromatic carbocycles. The SMILES string of the molecule is COC(=O)c1cc(OS(=O)(=O)C(F)(F)F)c2cccc(-c3ccccc3)c2c1. The largest absolute Gasteiger partial charge is 0.534 e. The van der Waals surface area contributed by atoms with Gasteiger partial charge in [-0.3, -0.25) is 0 Å². The van der Waals surface area contributed by atoms with Crippen LogP contribution in [0, 0.1) is 0 Å². The second-order valence-electron chi connectivity index (χ2n) is 5.72. The van der Waals surface area contributed by atoms with Crippen LogP contribution in [0.5, 0.6) is 5.75 Å². The lowest BCUT2D eigenvalue weighted by Gasteiger charge is -2.15. The summed E-state index contributed by atoms with van der Waals surface area (Å²) in [5, 5.41) is 0.436. The van der Waals surface area contributed by atoms with Crippen molar-refractivity contribution < 1.29 is 35.3 Å². The summed E-state index contributed by atoms with van der Waals surface area (Å²) >= 11 is 0. The van der Waals surface area contributed by atoms with E-state index in [9.17, 15) is 26.4 Å². The Kier molecular flexibility index (Phi) is 5.03. The van der Waals surface area contributed by atoms with Gasteiger partial charge in [-0.25, -0.2) is 4.79 Å². The molecule has 5 nitrogen and oxygen atoms in total. The van der Waals surface area contributed by atoms with Crippen LogP contribution in [0.4, 0.5) is 13.2 Å². The van der Waals surface area contributed by atoms with Crippen LogP contribution in [-0.2, 0) is 14.9 Å². The number of hydrogen-bond donors (Lipinski definition) is 0. The number of methoxy groups -OCH3 is 1. The molecule has 146 valence electrons. The number of benzene rings is 3. The number of fused-ring (bicyclic) bond motifs is 1. The Labute approximate surface area is 158 Å². The third kappa shape index (κ3) is 3.65. The van der Waals surface area contributed by atoms with Gasteiger partial charge >= 0.3 is 21.6 Å². The summed E-state index contributed by atoms with van der Waals surface area (Å²) in [6, 6.07) is 15.8. The van der Waals surface area contributed by atoms with Gasteiger partial charge in [0.25, 0.3) is 0 Å². The summed E-state index contributed by atoms with van der Waals surface area (Å²) < 4.78 is 70.3. The fraction of sp³-hybridized carbons (Fsp3) is 0.105. The third-order valence-corrected chi connectivity index (χ3v) is 4.91. The number of esters is 1. The molecule has 3 rings (SSSR count). The second kappa shape index (κ2) is 7.16. The Morgan fingerprint density at radius 1 is 0.929 bits per heavy atom. The van der Waals surface area contributed by atoms with Gasteiger partial charge in [-0.15, -0.1) is 0 Å². The average Bonchev–Trinajstić information content (AvgIpc) is 2.66. The first-order chi connectivity index (χ1) is 13.1. The van der Waals surface area contributed by atoms with E-state index in [4.69, 9.17) is 0 Å². The van der Waals surface area contributed by atoms with Crippen LogP contribution < -0.4 is 4.18 Å². The zero-order valence-corrected chi connectivity index (χ0v) is 15.2. The van der Waals surface area contributed by atoms with Gasteiger partial charge in [-0.05, 0) is 28.6 Å². The monoisotopic (exact) mass is 410 g/mol. The molecule has 0 aromatic heterocycles. The number of alkyl halides is 3. The quantitative estimate of drug-likeness (QED) is 0.359. The minimum Gasteiger partial charge on any atom is -0.465 e. The number of carbonyl (C=O) groups is 1. The molecule has 0 aliphatic carbocycles. The van der Waals surface area contributed by atoms with Gasteiger partial charge < -0.3 is 8.92 Å². The van der Waals surface area contributed by atoms with E-state index in [2.05, 4.69) is 8.92 Å². The Balaban J connectivity index is 2.30. The van der Waals surface area contributed by atoms with E-state index < -0.39 is 27.3 Å². The molecule has 0 radical (unpaired) electrons. The number of rotatable bonds is 4. The van der Waals surface area contributed by atoms with Crippen molar-refractivity contribution >= 4 is 26.9 Å². The van der Waals surface area contributed by atoms with Gasteiger partial charge in [0, 0.05) is 5.39 Å². The van der Waals surface area contributed by atoms with Crippen LogP contribution in [0.3, 0.4) is 0 Å². The minimum atomic E-state index is -5.92. The van der Waals surface area contributed by atoms with E-state index in [-0.39, 0.29) is 10.9 Å². The van der Waals surface area contributed by atoms with Crippen LogP contribution in [0.15, 0.2) is 60.7 Å². The smallest absolute Gasteiger partial charge is 0.465 e. The van der Waals surface area contributed by atoms with E-state index in [1.807, 2.05) is 0 Å². The molecule has 0 spiro atoms. The number of hydrogen-bond acceptors (Lipinski definition) is 5. The number of halogens is 3. The van der Waals surface area contributed by atoms with Crippen molar-refractivity contribution in [2.24, 2.45) is 0 Å². The van der Waals surface area contributed by atoms with Crippen LogP contribution in [-0.4, -0.2) is 27.0 Å². The first-order valence-corrected chi connectivity index (χ1v) is 9.26. The summed E-state index contributed by atoms with van der Waals surface area (Å²) in [4.78, 5) is 12.0. The van der Waals surface area contributed by atoms with Crippen LogP contribution >= 0.6 is 0 Å². The maximum Gasteiger partial charge on any atom is 0.534 e. The molecule has 0 atom stereocenters. The molecular weight excluding hydrogens is 397 g/mol. The highest BCUT2D eigenvalue weighted by atomic mass is 32.2. The number of carbonyl (C=O) groups excluding carboxylic acids is 1. The Morgan fingerprint density at radius 3 is 2.21 bits per heavy atom. The van der Waals surface area contributed by atoms with E-state index in [1.165, 1.54) is 12.1 Å². The highest BCUT2D eigenvalue weighted by Crippen LogP contribution is 2.37. The average molecular weight is 410 g/mol. The van der Waals surface area contributed by atoms with Gasteiger partial charge in [0.05, 0.1) is 12.7 Å². The molecule has 3 aromatic rings. The second-order valence-corrected chi connectivity index (χ2v) is 7.25. The molecule has 0 N–H and O–H groups in total. The Bertz CT molecular complexity index is 1140. The van der Waals surface area contributed by atoms with Crippen LogP contribution in [0.1, 0.15) is 10.4 Å². The van der Waals surface area contributed by atoms with E-state index in [0.717, 1.165) is 18.7 Å². The van der Waals surface area contributed by atoms with Crippen molar-refractivity contribution in [2.75, 3.05) is 7.11 Å². The molecule has 0 saturated carbocycles. The van der Waals surface area contributed by atoms with Crippen LogP contribution in [0.25, 0.3) is 21.9 Å². The van der Waals surface area contributed by atoms with Crippen molar-refractivity contribution in [2.45, 2.75) is 5.51 Å². The third-order valence-electron chi connectivity index (χ3n) is 3.95. The van der Waals surface area contributed by atoms with Crippen molar-refractivity contribution in [1.29, 1.82) is 0 Å². The predicted molar refractivity (Wildman–Crippen MR) is 96.3 cm³/mol. The Hall–Kier alpha value is -3.07. The van der Waals surface area contributed by atoms with Gasteiger partial charge in [0.15, 0.2) is 5.75 Å². The molecule has 0 aliphatic rings. The lowest BCUT2D eigenvalue weighted by atomic mass is 9.96. The summed E-state index contributed by atoms with van der Waals surface area (Å²) in [5.74, 6) is -1.47. The van der Waals surface area contributed by atoms with Crippen molar-refractivity contribution in [3.63, 3.8) is 0 Å². The van der Waals surface area contributed by atoms with Gasteiger partial charge in [0.2, 0.25) is 0 Å². The molecule has 28 heavy (non-hydrogen) atoms. The maximum atomic E-state index is 12.8. The van der Waals surface area contributed by atoms with Crippen molar-refractivity contribution in [3.05, 3.63) is 66.2 Å². The summed E-state index contributed by atoms with van der Waals surface area (Å²) in [6.45, 7) is 0. The van der Waals surface area contributed by atoms with Crippen molar-refractivity contribution in [3.8, 4) is 16.9 Å². The van der Waals surface area contributed by atoms with Crippen LogP contribution in [0.2, 0.25) is 0 Å². The summed E-state index contributed by atoms with van der Waals surface area (Å²) in [6.07, 6.45) is 0. The summed E-state index contributed by atoms with van der Waals surface area (Å²) in [5.41, 5.74) is -4.46. The van der Waals surface area contributed by atoms with E-state index >= 15 is 0 Å². The van der Waals surface area contributed by atoms with Gasteiger partial charge in [-0.1, -0.05) is 48.5 Å². The van der Waals surface area contributed by atoms with Gasteiger partial charge in [0.1, 0.15) is 0 Å². The molecule has 0 bridgehead atoms. The zero-order valence-electron chi connectivity index (χ0n) is 14.4. The summed E-state index contributed by atoms with van der Waals surface area (Å²) in [7, 11) is -4.82. The molecule has 0 fully saturated rings. The Morgan fingerprint density at radius 2 is 1.61 bits per heavy atom. The molecule has 0 aliphatic heterocycles. The molecule has 9 heteroatoms. The van der Waals surface area contributed by atoms with E-state index in [1.54, 1.807) is 42.5 Å². The molecule has 0 unspecified atom stereocenters. The lowest BCUT2D eigenvalue weighted by Crippen LogP contribution is -2.28. The minimum absolute atomic E-state index is 0.0989. The highest BCUT2D eigenvalue weighted by Gasteiger charge is 2.48. The molecular formula is C19H13F3O5S. The molecule has 0 amide bonds. The number of ether oxygens (including phenoxy) is 1. The predicted octanol–water partition coefficient (Wildman–Crippen LogP) is 4.52. The van der Waals surface area contributed by atoms with E-state index in [0.29, 0.717) is 10.9 Å². The standard InChI is InChI=1S/C19H13F3O5S/c1-26-18(23)13-10-16-14(12-6-3-2-4-7-12)8-5-9-15(16)17(11-13)27-28(24,25)19(20,21)22/h2-11H,1H3. The first kappa shape index (κ1) is 19.7. The van der Waals surface area contributed by atoms with Gasteiger partial charge in [-0.2, -0.15) is 21.6 Å². The molecule has 0 saturated heterocycles. The highest BCUT2D eigenvalue weighted by molar-refractivity contribution is 7.88. The molecule has 0 heterocycles. The topological polar surface area (TPSA) is 69.7 Å².